The quantitative estimate of drug-likeness (QED) is 0.508. The van der Waals surface area contributed by atoms with Crippen molar-refractivity contribution in [3.8, 4) is 0 Å². The van der Waals surface area contributed by atoms with Crippen LogP contribution in [0.4, 0.5) is 18.0 Å². The molecule has 0 aromatic carbocycles. The SMILES string of the molecule is NC(=O)NCCNC(=O)C1(C(F)(F)F)CCNC1. The van der Waals surface area contributed by atoms with E-state index in [9.17, 15) is 22.8 Å². The molecule has 3 amide bonds. The van der Waals surface area contributed by atoms with Crippen LogP contribution in [-0.4, -0.2) is 44.3 Å². The van der Waals surface area contributed by atoms with Gasteiger partial charge in [0.2, 0.25) is 5.91 Å². The molecular formula is C9H15F3N4O2. The van der Waals surface area contributed by atoms with Gasteiger partial charge < -0.3 is 21.7 Å². The van der Waals surface area contributed by atoms with Crippen LogP contribution in [0.3, 0.4) is 0 Å². The largest absolute Gasteiger partial charge is 0.404 e. The number of primary amides is 1. The molecule has 0 bridgehead atoms. The van der Waals surface area contributed by atoms with E-state index in [2.05, 4.69) is 16.0 Å². The molecule has 1 atom stereocenters. The highest BCUT2D eigenvalue weighted by atomic mass is 19.4. The number of rotatable bonds is 4. The average Bonchev–Trinajstić information content (AvgIpc) is 2.73. The van der Waals surface area contributed by atoms with Crippen molar-refractivity contribution in [1.82, 2.24) is 16.0 Å². The van der Waals surface area contributed by atoms with E-state index in [4.69, 9.17) is 5.73 Å². The van der Waals surface area contributed by atoms with Crippen LogP contribution in [0, 0.1) is 5.41 Å². The second-order valence-electron chi connectivity index (χ2n) is 4.05. The monoisotopic (exact) mass is 268 g/mol. The summed E-state index contributed by atoms with van der Waals surface area (Å²) in [5.74, 6) is -1.08. The Morgan fingerprint density at radius 1 is 1.28 bits per heavy atom. The van der Waals surface area contributed by atoms with Gasteiger partial charge in [0.15, 0.2) is 5.41 Å². The zero-order chi connectivity index (χ0) is 13.8. The number of halogens is 3. The molecule has 1 aliphatic heterocycles. The molecular weight excluding hydrogens is 253 g/mol. The summed E-state index contributed by atoms with van der Waals surface area (Å²) in [5.41, 5.74) is 2.40. The number of amides is 3. The van der Waals surface area contributed by atoms with Crippen molar-refractivity contribution in [1.29, 1.82) is 0 Å². The van der Waals surface area contributed by atoms with Gasteiger partial charge in [-0.15, -0.1) is 0 Å². The summed E-state index contributed by atoms with van der Waals surface area (Å²) in [6.45, 7) is -0.389. The van der Waals surface area contributed by atoms with Crippen molar-refractivity contribution < 1.29 is 22.8 Å². The maximum atomic E-state index is 12.9. The molecule has 6 nitrogen and oxygen atoms in total. The van der Waals surface area contributed by atoms with Gasteiger partial charge in [-0.25, -0.2) is 4.79 Å². The lowest BCUT2D eigenvalue weighted by molar-refractivity contribution is -0.215. The van der Waals surface area contributed by atoms with Crippen LogP contribution >= 0.6 is 0 Å². The van der Waals surface area contributed by atoms with Crippen LogP contribution in [0.1, 0.15) is 6.42 Å². The van der Waals surface area contributed by atoms with Gasteiger partial charge in [0.1, 0.15) is 0 Å². The first-order valence-electron chi connectivity index (χ1n) is 5.39. The Morgan fingerprint density at radius 3 is 2.33 bits per heavy atom. The molecule has 0 aliphatic carbocycles. The number of hydrogen-bond donors (Lipinski definition) is 4. The first kappa shape index (κ1) is 14.6. The predicted molar refractivity (Wildman–Crippen MR) is 56.6 cm³/mol. The number of urea groups is 1. The fourth-order valence-corrected chi connectivity index (χ4v) is 1.79. The standard InChI is InChI=1S/C9H15F3N4O2/c10-9(11,12)8(1-2-14-5-8)6(17)15-3-4-16-7(13)18/h14H,1-5H2,(H,15,17)(H3,13,16,18). The molecule has 1 aliphatic rings. The summed E-state index contributed by atoms with van der Waals surface area (Å²) in [5, 5.41) is 6.87. The maximum Gasteiger partial charge on any atom is 0.404 e. The Labute approximate surface area is 101 Å². The molecule has 0 aromatic heterocycles. The normalized spacial score (nSPS) is 23.7. The van der Waals surface area contributed by atoms with Crippen molar-refractivity contribution in [2.45, 2.75) is 12.6 Å². The van der Waals surface area contributed by atoms with Gasteiger partial charge in [0.25, 0.3) is 0 Å². The average molecular weight is 268 g/mol. The Morgan fingerprint density at radius 2 is 1.89 bits per heavy atom. The molecule has 0 saturated carbocycles. The van der Waals surface area contributed by atoms with E-state index in [0.29, 0.717) is 0 Å². The third-order valence-corrected chi connectivity index (χ3v) is 2.84. The van der Waals surface area contributed by atoms with E-state index in [0.717, 1.165) is 0 Å². The van der Waals surface area contributed by atoms with Crippen LogP contribution in [0.25, 0.3) is 0 Å². The van der Waals surface area contributed by atoms with Crippen LogP contribution in [0.5, 0.6) is 0 Å². The molecule has 1 fully saturated rings. The number of alkyl halides is 3. The molecule has 1 rings (SSSR count). The second kappa shape index (κ2) is 5.42. The maximum absolute atomic E-state index is 12.9. The minimum Gasteiger partial charge on any atom is -0.354 e. The lowest BCUT2D eigenvalue weighted by atomic mass is 9.85. The van der Waals surface area contributed by atoms with Crippen molar-refractivity contribution in [2.24, 2.45) is 11.1 Å². The number of carbonyl (C=O) groups excluding carboxylic acids is 2. The smallest absolute Gasteiger partial charge is 0.354 e. The molecule has 1 saturated heterocycles. The van der Waals surface area contributed by atoms with Crippen molar-refractivity contribution in [2.75, 3.05) is 26.2 Å². The van der Waals surface area contributed by atoms with Crippen molar-refractivity contribution in [3.05, 3.63) is 0 Å². The minimum absolute atomic E-state index is 0.0115. The molecule has 1 unspecified atom stereocenters. The number of carbonyl (C=O) groups is 2. The topological polar surface area (TPSA) is 96.2 Å². The lowest BCUT2D eigenvalue weighted by Crippen LogP contribution is -2.53. The third-order valence-electron chi connectivity index (χ3n) is 2.84. The molecule has 0 aromatic rings. The number of nitrogens with two attached hydrogens (primary N) is 1. The van der Waals surface area contributed by atoms with Crippen LogP contribution < -0.4 is 21.7 Å². The van der Waals surface area contributed by atoms with Gasteiger partial charge in [-0.2, -0.15) is 13.2 Å². The lowest BCUT2D eigenvalue weighted by Gasteiger charge is -2.29. The summed E-state index contributed by atoms with van der Waals surface area (Å²) >= 11 is 0. The summed E-state index contributed by atoms with van der Waals surface area (Å²) < 4.78 is 38.7. The van der Waals surface area contributed by atoms with E-state index < -0.39 is 30.1 Å². The van der Waals surface area contributed by atoms with Crippen molar-refractivity contribution in [3.63, 3.8) is 0 Å². The first-order valence-corrected chi connectivity index (χ1v) is 5.39. The van der Waals surface area contributed by atoms with Gasteiger partial charge >= 0.3 is 12.2 Å². The molecule has 0 radical (unpaired) electrons. The van der Waals surface area contributed by atoms with Gasteiger partial charge in [-0.1, -0.05) is 0 Å². The zero-order valence-electron chi connectivity index (χ0n) is 9.56. The van der Waals surface area contributed by atoms with Crippen LogP contribution in [0.2, 0.25) is 0 Å². The fraction of sp³-hybridized carbons (Fsp3) is 0.778. The molecule has 104 valence electrons. The molecule has 5 N–H and O–H groups in total. The van der Waals surface area contributed by atoms with Crippen LogP contribution in [-0.2, 0) is 4.79 Å². The number of nitrogens with one attached hydrogen (secondary N) is 3. The third kappa shape index (κ3) is 3.03. The van der Waals surface area contributed by atoms with Gasteiger partial charge in [0, 0.05) is 19.6 Å². The number of hydrogen-bond acceptors (Lipinski definition) is 3. The summed E-state index contributed by atoms with van der Waals surface area (Å²) in [6.07, 6.45) is -4.89. The highest BCUT2D eigenvalue weighted by Gasteiger charge is 2.61. The van der Waals surface area contributed by atoms with E-state index in [1.807, 2.05) is 0 Å². The van der Waals surface area contributed by atoms with Crippen LogP contribution in [0.15, 0.2) is 0 Å². The predicted octanol–water partition coefficient (Wildman–Crippen LogP) is -0.687. The highest BCUT2D eigenvalue weighted by Crippen LogP contribution is 2.43. The summed E-state index contributed by atoms with van der Waals surface area (Å²) in [6, 6.07) is -0.794. The van der Waals surface area contributed by atoms with E-state index in [1.165, 1.54) is 0 Å². The van der Waals surface area contributed by atoms with Gasteiger partial charge in [-0.05, 0) is 13.0 Å². The Bertz CT molecular complexity index is 326. The highest BCUT2D eigenvalue weighted by molar-refractivity contribution is 5.84. The Kier molecular flexibility index (Phi) is 4.38. The second-order valence-corrected chi connectivity index (χ2v) is 4.05. The fourth-order valence-electron chi connectivity index (χ4n) is 1.79. The van der Waals surface area contributed by atoms with Gasteiger partial charge in [0.05, 0.1) is 0 Å². The van der Waals surface area contributed by atoms with Crippen molar-refractivity contribution >= 4 is 11.9 Å². The first-order chi connectivity index (χ1) is 8.29. The van der Waals surface area contributed by atoms with E-state index >= 15 is 0 Å². The van der Waals surface area contributed by atoms with E-state index in [-0.39, 0.29) is 26.1 Å². The minimum atomic E-state index is -4.60. The van der Waals surface area contributed by atoms with E-state index in [1.54, 1.807) is 0 Å². The molecule has 1 heterocycles. The Balaban J connectivity index is 2.54. The molecule has 18 heavy (non-hydrogen) atoms. The Hall–Kier alpha value is -1.51. The molecule has 0 spiro atoms. The summed E-state index contributed by atoms with van der Waals surface area (Å²) in [4.78, 5) is 22.0. The van der Waals surface area contributed by atoms with Gasteiger partial charge in [-0.3, -0.25) is 4.79 Å². The zero-order valence-corrected chi connectivity index (χ0v) is 9.56. The summed E-state index contributed by atoms with van der Waals surface area (Å²) in [7, 11) is 0. The molecule has 9 heteroatoms.